The molecule has 3 nitrogen and oxygen atoms in total. The van der Waals surface area contributed by atoms with E-state index in [-0.39, 0.29) is 12.4 Å². The molecule has 0 spiro atoms. The molecule has 0 amide bonds. The second kappa shape index (κ2) is 6.33. The first-order valence-corrected chi connectivity index (χ1v) is 5.53. The lowest BCUT2D eigenvalue weighted by Gasteiger charge is -2.03. The molecule has 0 aromatic heterocycles. The molecule has 1 rings (SSSR count). The number of carbonyl (C=O) groups excluding carboxylic acids is 1. The van der Waals surface area contributed by atoms with Crippen molar-refractivity contribution in [2.24, 2.45) is 0 Å². The number of hydrogen-bond donors (Lipinski definition) is 0. The Balaban J connectivity index is 2.70. The number of carbonyl (C=O) groups is 1. The zero-order chi connectivity index (χ0) is 12.0. The van der Waals surface area contributed by atoms with E-state index in [1.807, 2.05) is 24.3 Å². The van der Waals surface area contributed by atoms with E-state index in [2.05, 4.69) is 20.7 Å². The van der Waals surface area contributed by atoms with Crippen molar-refractivity contribution < 1.29 is 14.3 Å². The highest BCUT2D eigenvalue weighted by Crippen LogP contribution is 2.26. The SMILES string of the molecule is COC(=O)CC=Cc1ccc(Br)c(OC)c1. The van der Waals surface area contributed by atoms with Crippen molar-refractivity contribution in [1.82, 2.24) is 0 Å². The first-order chi connectivity index (χ1) is 7.67. The standard InChI is InChI=1S/C12H13BrO3/c1-15-11-8-9(6-7-10(11)13)4-3-5-12(14)16-2/h3-4,6-8H,5H2,1-2H3. The van der Waals surface area contributed by atoms with E-state index in [1.165, 1.54) is 7.11 Å². The summed E-state index contributed by atoms with van der Waals surface area (Å²) < 4.78 is 10.6. The molecular weight excluding hydrogens is 272 g/mol. The third kappa shape index (κ3) is 3.70. The van der Waals surface area contributed by atoms with Crippen LogP contribution in [0.4, 0.5) is 0 Å². The Morgan fingerprint density at radius 3 is 2.81 bits per heavy atom. The summed E-state index contributed by atoms with van der Waals surface area (Å²) in [5.41, 5.74) is 0.976. The van der Waals surface area contributed by atoms with Crippen LogP contribution in [0, 0.1) is 0 Å². The van der Waals surface area contributed by atoms with Crippen LogP contribution in [0.3, 0.4) is 0 Å². The van der Waals surface area contributed by atoms with Gasteiger partial charge in [0.05, 0.1) is 25.1 Å². The van der Waals surface area contributed by atoms with E-state index in [0.717, 1.165) is 15.8 Å². The monoisotopic (exact) mass is 284 g/mol. The van der Waals surface area contributed by atoms with Gasteiger partial charge in [0.1, 0.15) is 5.75 Å². The van der Waals surface area contributed by atoms with Crippen LogP contribution in [0.1, 0.15) is 12.0 Å². The fourth-order valence-corrected chi connectivity index (χ4v) is 1.56. The number of halogens is 1. The molecule has 0 saturated carbocycles. The van der Waals surface area contributed by atoms with Crippen LogP contribution in [0.5, 0.6) is 5.75 Å². The molecule has 0 aliphatic heterocycles. The molecule has 0 fully saturated rings. The predicted molar refractivity (Wildman–Crippen MR) is 66.4 cm³/mol. The van der Waals surface area contributed by atoms with Gasteiger partial charge >= 0.3 is 5.97 Å². The van der Waals surface area contributed by atoms with E-state index in [0.29, 0.717) is 0 Å². The normalized spacial score (nSPS) is 10.4. The van der Waals surface area contributed by atoms with Crippen molar-refractivity contribution in [3.05, 3.63) is 34.3 Å². The van der Waals surface area contributed by atoms with Crippen molar-refractivity contribution in [3.63, 3.8) is 0 Å². The lowest BCUT2D eigenvalue weighted by atomic mass is 10.2. The Labute approximate surface area is 103 Å². The molecule has 1 aromatic rings. The van der Waals surface area contributed by atoms with Crippen LogP contribution in [0.25, 0.3) is 6.08 Å². The number of hydrogen-bond acceptors (Lipinski definition) is 3. The van der Waals surface area contributed by atoms with Gasteiger partial charge in [0, 0.05) is 0 Å². The summed E-state index contributed by atoms with van der Waals surface area (Å²) in [6, 6.07) is 5.72. The predicted octanol–water partition coefficient (Wildman–Crippen LogP) is 3.03. The fourth-order valence-electron chi connectivity index (χ4n) is 1.15. The second-order valence-electron chi connectivity index (χ2n) is 3.08. The molecule has 0 N–H and O–H groups in total. The smallest absolute Gasteiger partial charge is 0.309 e. The maximum Gasteiger partial charge on any atom is 0.309 e. The van der Waals surface area contributed by atoms with E-state index in [4.69, 9.17) is 4.74 Å². The molecule has 0 bridgehead atoms. The number of esters is 1. The third-order valence-corrected chi connectivity index (χ3v) is 2.65. The van der Waals surface area contributed by atoms with Gasteiger partial charge in [0.15, 0.2) is 0 Å². The summed E-state index contributed by atoms with van der Waals surface area (Å²) in [4.78, 5) is 10.9. The molecule has 0 atom stereocenters. The van der Waals surface area contributed by atoms with E-state index in [9.17, 15) is 4.79 Å². The van der Waals surface area contributed by atoms with Gasteiger partial charge in [0.25, 0.3) is 0 Å². The molecule has 0 heterocycles. The van der Waals surface area contributed by atoms with Gasteiger partial charge < -0.3 is 9.47 Å². The Morgan fingerprint density at radius 2 is 2.19 bits per heavy atom. The lowest BCUT2D eigenvalue weighted by molar-refractivity contribution is -0.139. The maximum atomic E-state index is 10.9. The molecule has 0 saturated heterocycles. The van der Waals surface area contributed by atoms with Gasteiger partial charge in [-0.2, -0.15) is 0 Å². The van der Waals surface area contributed by atoms with Crippen molar-refractivity contribution in [2.75, 3.05) is 14.2 Å². The Morgan fingerprint density at radius 1 is 1.44 bits per heavy atom. The second-order valence-corrected chi connectivity index (χ2v) is 3.93. The summed E-state index contributed by atoms with van der Waals surface area (Å²) in [7, 11) is 2.99. The highest BCUT2D eigenvalue weighted by Gasteiger charge is 1.99. The van der Waals surface area contributed by atoms with Gasteiger partial charge in [-0.3, -0.25) is 4.79 Å². The zero-order valence-electron chi connectivity index (χ0n) is 9.20. The average molecular weight is 285 g/mol. The third-order valence-electron chi connectivity index (χ3n) is 2.00. The van der Waals surface area contributed by atoms with Crippen LogP contribution in [-0.2, 0) is 9.53 Å². The molecular formula is C12H13BrO3. The minimum Gasteiger partial charge on any atom is -0.496 e. The van der Waals surface area contributed by atoms with E-state index >= 15 is 0 Å². The number of rotatable bonds is 4. The van der Waals surface area contributed by atoms with Crippen LogP contribution in [0.2, 0.25) is 0 Å². The van der Waals surface area contributed by atoms with Crippen molar-refractivity contribution in [2.45, 2.75) is 6.42 Å². The lowest BCUT2D eigenvalue weighted by Crippen LogP contribution is -1.96. The van der Waals surface area contributed by atoms with E-state index < -0.39 is 0 Å². The highest BCUT2D eigenvalue weighted by atomic mass is 79.9. The Hall–Kier alpha value is -1.29. The van der Waals surface area contributed by atoms with Crippen molar-refractivity contribution >= 4 is 28.0 Å². The van der Waals surface area contributed by atoms with Crippen LogP contribution in [-0.4, -0.2) is 20.2 Å². The molecule has 86 valence electrons. The van der Waals surface area contributed by atoms with Crippen molar-refractivity contribution in [3.8, 4) is 5.75 Å². The van der Waals surface area contributed by atoms with Crippen LogP contribution < -0.4 is 4.74 Å². The van der Waals surface area contributed by atoms with Gasteiger partial charge in [-0.15, -0.1) is 0 Å². The molecule has 16 heavy (non-hydrogen) atoms. The molecule has 0 unspecified atom stereocenters. The topological polar surface area (TPSA) is 35.5 Å². The quantitative estimate of drug-likeness (QED) is 0.798. The summed E-state index contributed by atoms with van der Waals surface area (Å²) in [5, 5.41) is 0. The Bertz CT molecular complexity index is 399. The van der Waals surface area contributed by atoms with Crippen LogP contribution in [0.15, 0.2) is 28.7 Å². The fraction of sp³-hybridized carbons (Fsp3) is 0.250. The summed E-state index contributed by atoms with van der Waals surface area (Å²) >= 11 is 3.37. The first-order valence-electron chi connectivity index (χ1n) is 4.74. The van der Waals surface area contributed by atoms with Gasteiger partial charge in [0.2, 0.25) is 0 Å². The van der Waals surface area contributed by atoms with Gasteiger partial charge in [-0.05, 0) is 33.6 Å². The summed E-state index contributed by atoms with van der Waals surface area (Å²) in [5.74, 6) is 0.514. The Kier molecular flexibility index (Phi) is 5.05. The average Bonchev–Trinajstić information content (AvgIpc) is 2.31. The number of benzene rings is 1. The minimum atomic E-state index is -0.250. The molecule has 1 aromatic carbocycles. The first kappa shape index (κ1) is 12.8. The maximum absolute atomic E-state index is 10.9. The molecule has 0 radical (unpaired) electrons. The highest BCUT2D eigenvalue weighted by molar-refractivity contribution is 9.10. The summed E-state index contributed by atoms with van der Waals surface area (Å²) in [6.07, 6.45) is 3.88. The van der Waals surface area contributed by atoms with Crippen molar-refractivity contribution in [1.29, 1.82) is 0 Å². The van der Waals surface area contributed by atoms with Crippen LogP contribution >= 0.6 is 15.9 Å². The minimum absolute atomic E-state index is 0.250. The van der Waals surface area contributed by atoms with Gasteiger partial charge in [-0.25, -0.2) is 0 Å². The number of ether oxygens (including phenoxy) is 2. The van der Waals surface area contributed by atoms with Gasteiger partial charge in [-0.1, -0.05) is 18.2 Å². The zero-order valence-corrected chi connectivity index (χ0v) is 10.8. The number of methoxy groups -OCH3 is 2. The molecule has 4 heteroatoms. The summed E-state index contributed by atoms with van der Waals surface area (Å²) in [6.45, 7) is 0. The van der Waals surface area contributed by atoms with E-state index in [1.54, 1.807) is 13.2 Å². The largest absolute Gasteiger partial charge is 0.496 e. The molecule has 0 aliphatic carbocycles. The molecule has 0 aliphatic rings.